The van der Waals surface area contributed by atoms with Gasteiger partial charge < -0.3 is 10.6 Å². The first-order valence-corrected chi connectivity index (χ1v) is 7.47. The molecule has 0 saturated carbocycles. The fourth-order valence-corrected chi connectivity index (χ4v) is 3.27. The summed E-state index contributed by atoms with van der Waals surface area (Å²) >= 11 is 2.00. The number of amides is 1. The molecule has 1 aliphatic rings. The van der Waals surface area contributed by atoms with Crippen molar-refractivity contribution >= 4 is 17.7 Å². The molecule has 3 nitrogen and oxygen atoms in total. The number of nitrogens with one attached hydrogen (secondary N) is 2. The molecule has 94 valence electrons. The molecule has 2 N–H and O–H groups in total. The fraction of sp³-hybridized carbons (Fsp3) is 0.917. The van der Waals surface area contributed by atoms with Gasteiger partial charge in [0.15, 0.2) is 0 Å². The van der Waals surface area contributed by atoms with E-state index in [2.05, 4.69) is 17.6 Å². The van der Waals surface area contributed by atoms with Crippen LogP contribution in [0.3, 0.4) is 0 Å². The Bertz CT molecular complexity index is 205. The zero-order chi connectivity index (χ0) is 11.8. The first-order valence-electron chi connectivity index (χ1n) is 6.32. The van der Waals surface area contributed by atoms with E-state index in [0.717, 1.165) is 32.2 Å². The number of hydrogen-bond donors (Lipinski definition) is 2. The van der Waals surface area contributed by atoms with Crippen molar-refractivity contribution in [2.45, 2.75) is 38.6 Å². The highest BCUT2D eigenvalue weighted by Gasteiger charge is 2.27. The summed E-state index contributed by atoms with van der Waals surface area (Å²) in [6.45, 7) is 2.95. The minimum absolute atomic E-state index is 0.0118. The van der Waals surface area contributed by atoms with Crippen molar-refractivity contribution in [3.05, 3.63) is 0 Å². The summed E-state index contributed by atoms with van der Waals surface area (Å²) < 4.78 is 0. The highest BCUT2D eigenvalue weighted by atomic mass is 32.2. The zero-order valence-electron chi connectivity index (χ0n) is 10.4. The van der Waals surface area contributed by atoms with E-state index in [0.29, 0.717) is 5.92 Å². The lowest BCUT2D eigenvalue weighted by Gasteiger charge is -2.28. The average molecular weight is 244 g/mol. The first kappa shape index (κ1) is 13.8. The number of rotatable bonds is 6. The van der Waals surface area contributed by atoms with E-state index in [4.69, 9.17) is 0 Å². The highest BCUT2D eigenvalue weighted by molar-refractivity contribution is 7.99. The van der Waals surface area contributed by atoms with E-state index >= 15 is 0 Å². The molecular weight excluding hydrogens is 220 g/mol. The van der Waals surface area contributed by atoms with Gasteiger partial charge in [0.05, 0.1) is 6.04 Å². The molecule has 0 aromatic heterocycles. The molecule has 0 radical (unpaired) electrons. The molecule has 1 saturated heterocycles. The van der Waals surface area contributed by atoms with Crippen molar-refractivity contribution in [3.8, 4) is 0 Å². The van der Waals surface area contributed by atoms with Crippen LogP contribution < -0.4 is 10.6 Å². The number of carbonyl (C=O) groups excluding carboxylic acids is 1. The Balaban J connectivity index is 2.35. The zero-order valence-corrected chi connectivity index (χ0v) is 11.2. The Hall–Kier alpha value is -0.220. The molecule has 1 fully saturated rings. The van der Waals surface area contributed by atoms with E-state index < -0.39 is 0 Å². The summed E-state index contributed by atoms with van der Waals surface area (Å²) in [6.07, 6.45) is 4.53. The van der Waals surface area contributed by atoms with Crippen molar-refractivity contribution in [1.29, 1.82) is 0 Å². The maximum Gasteiger partial charge on any atom is 0.237 e. The van der Waals surface area contributed by atoms with Crippen LogP contribution >= 0.6 is 11.8 Å². The topological polar surface area (TPSA) is 41.1 Å². The van der Waals surface area contributed by atoms with Crippen molar-refractivity contribution < 1.29 is 4.79 Å². The van der Waals surface area contributed by atoms with Gasteiger partial charge in [-0.2, -0.15) is 11.8 Å². The Morgan fingerprint density at radius 1 is 1.44 bits per heavy atom. The minimum atomic E-state index is 0.0118. The normalized spacial score (nSPS) is 19.4. The van der Waals surface area contributed by atoms with Crippen LogP contribution in [-0.4, -0.2) is 37.0 Å². The lowest BCUT2D eigenvalue weighted by atomic mass is 9.93. The Labute approximate surface area is 103 Å². The van der Waals surface area contributed by atoms with Crippen LogP contribution in [0, 0.1) is 5.92 Å². The Morgan fingerprint density at radius 3 is 2.69 bits per heavy atom. The van der Waals surface area contributed by atoms with Crippen molar-refractivity contribution in [1.82, 2.24) is 10.6 Å². The lowest BCUT2D eigenvalue weighted by Crippen LogP contribution is -2.48. The second-order valence-corrected chi connectivity index (χ2v) is 5.59. The number of likely N-dealkylation sites (N-methyl/N-ethyl adjacent to an activating group) is 1. The predicted octanol–water partition coefficient (Wildman–Crippen LogP) is 1.63. The van der Waals surface area contributed by atoms with Gasteiger partial charge in [-0.3, -0.25) is 4.79 Å². The second kappa shape index (κ2) is 7.96. The first-order chi connectivity index (χ1) is 7.79. The molecule has 1 amide bonds. The molecule has 1 atom stereocenters. The number of hydrogen-bond acceptors (Lipinski definition) is 3. The Morgan fingerprint density at radius 2 is 2.12 bits per heavy atom. The average Bonchev–Trinajstić information content (AvgIpc) is 2.32. The van der Waals surface area contributed by atoms with E-state index in [1.165, 1.54) is 11.5 Å². The van der Waals surface area contributed by atoms with Gasteiger partial charge >= 0.3 is 0 Å². The third-order valence-electron chi connectivity index (χ3n) is 3.16. The molecule has 1 unspecified atom stereocenters. The molecule has 0 spiro atoms. The van der Waals surface area contributed by atoms with E-state index in [-0.39, 0.29) is 11.9 Å². The molecule has 0 aromatic rings. The summed E-state index contributed by atoms with van der Waals surface area (Å²) in [6, 6.07) is 0.0118. The summed E-state index contributed by atoms with van der Waals surface area (Å²) in [7, 11) is 1.89. The van der Waals surface area contributed by atoms with Gasteiger partial charge in [-0.05, 0) is 43.7 Å². The van der Waals surface area contributed by atoms with Crippen molar-refractivity contribution in [3.63, 3.8) is 0 Å². The maximum atomic E-state index is 12.0. The van der Waals surface area contributed by atoms with E-state index in [9.17, 15) is 4.79 Å². The van der Waals surface area contributed by atoms with Crippen LogP contribution in [0.1, 0.15) is 32.6 Å². The summed E-state index contributed by atoms with van der Waals surface area (Å²) in [4.78, 5) is 12.0. The summed E-state index contributed by atoms with van der Waals surface area (Å²) in [5, 5.41) is 6.20. The van der Waals surface area contributed by atoms with E-state index in [1.807, 2.05) is 18.8 Å². The van der Waals surface area contributed by atoms with Crippen LogP contribution in [-0.2, 0) is 4.79 Å². The quantitative estimate of drug-likeness (QED) is 0.698. The maximum absolute atomic E-state index is 12.0. The second-order valence-electron chi connectivity index (χ2n) is 4.36. The van der Waals surface area contributed by atoms with Gasteiger partial charge in [0, 0.05) is 6.54 Å². The van der Waals surface area contributed by atoms with Gasteiger partial charge in [0.2, 0.25) is 5.91 Å². The van der Waals surface area contributed by atoms with E-state index in [1.54, 1.807) is 0 Å². The van der Waals surface area contributed by atoms with Crippen molar-refractivity contribution in [2.24, 2.45) is 5.92 Å². The molecule has 1 heterocycles. The molecule has 1 rings (SSSR count). The smallest absolute Gasteiger partial charge is 0.237 e. The van der Waals surface area contributed by atoms with Gasteiger partial charge in [-0.1, -0.05) is 13.3 Å². The molecular formula is C12H24N2OS. The standard InChI is InChI=1S/C12H24N2OS/c1-3-4-7-14-12(15)11(13-2)10-5-8-16-9-6-10/h10-11,13H,3-9H2,1-2H3,(H,14,15). The highest BCUT2D eigenvalue weighted by Crippen LogP contribution is 2.25. The lowest BCUT2D eigenvalue weighted by molar-refractivity contribution is -0.124. The number of thioether (sulfide) groups is 1. The van der Waals surface area contributed by atoms with Gasteiger partial charge in [-0.15, -0.1) is 0 Å². The third-order valence-corrected chi connectivity index (χ3v) is 4.21. The van der Waals surface area contributed by atoms with Gasteiger partial charge in [0.25, 0.3) is 0 Å². The number of carbonyl (C=O) groups is 1. The Kier molecular flexibility index (Phi) is 6.88. The van der Waals surface area contributed by atoms with Gasteiger partial charge in [-0.25, -0.2) is 0 Å². The monoisotopic (exact) mass is 244 g/mol. The molecule has 1 aliphatic heterocycles. The van der Waals surface area contributed by atoms with Crippen molar-refractivity contribution in [2.75, 3.05) is 25.1 Å². The predicted molar refractivity (Wildman–Crippen MR) is 70.8 cm³/mol. The molecule has 0 aliphatic carbocycles. The SMILES string of the molecule is CCCCNC(=O)C(NC)C1CCSCC1. The molecule has 0 aromatic carbocycles. The van der Waals surface area contributed by atoms with Crippen LogP contribution in [0.4, 0.5) is 0 Å². The van der Waals surface area contributed by atoms with Crippen LogP contribution in [0.5, 0.6) is 0 Å². The third kappa shape index (κ3) is 4.34. The van der Waals surface area contributed by atoms with Crippen LogP contribution in [0.2, 0.25) is 0 Å². The molecule has 16 heavy (non-hydrogen) atoms. The minimum Gasteiger partial charge on any atom is -0.355 e. The van der Waals surface area contributed by atoms with Crippen LogP contribution in [0.25, 0.3) is 0 Å². The van der Waals surface area contributed by atoms with Crippen LogP contribution in [0.15, 0.2) is 0 Å². The molecule has 4 heteroatoms. The largest absolute Gasteiger partial charge is 0.355 e. The number of unbranched alkanes of at least 4 members (excludes halogenated alkanes) is 1. The van der Waals surface area contributed by atoms with Gasteiger partial charge in [0.1, 0.15) is 0 Å². The summed E-state index contributed by atoms with van der Waals surface area (Å²) in [5.41, 5.74) is 0. The fourth-order valence-electron chi connectivity index (χ4n) is 2.13. The molecule has 0 bridgehead atoms. The summed E-state index contributed by atoms with van der Waals surface area (Å²) in [5.74, 6) is 3.11.